The van der Waals surface area contributed by atoms with Crippen LogP contribution in [0, 0.1) is 0 Å². The highest BCUT2D eigenvalue weighted by Crippen LogP contribution is 2.19. The molecule has 1 unspecified atom stereocenters. The molecule has 1 rings (SSSR count). The van der Waals surface area contributed by atoms with E-state index in [4.69, 9.17) is 10.2 Å². The van der Waals surface area contributed by atoms with Crippen LogP contribution in [0.15, 0.2) is 0 Å². The topological polar surface area (TPSA) is 157 Å². The molecule has 0 spiro atoms. The molecule has 1 saturated carbocycles. The quantitative estimate of drug-likeness (QED) is 0.388. The average molecular weight is 344 g/mol. The molecule has 0 aromatic carbocycles. The normalized spacial score (nSPS) is 22.9. The number of carbonyl (C=O) groups is 4. The highest BCUT2D eigenvalue weighted by Gasteiger charge is 2.30. The lowest BCUT2D eigenvalue weighted by atomic mass is 9.89. The van der Waals surface area contributed by atoms with E-state index in [1.807, 2.05) is 0 Å². The number of nitrogens with one attached hydrogen (secondary N) is 4. The average Bonchev–Trinajstić information content (AvgIpc) is 2.47. The van der Waals surface area contributed by atoms with Gasteiger partial charge in [-0.2, -0.15) is 0 Å². The SMILES string of the molecule is CC(N[C@H]1CCCC[C@H]1N[C@H](C)C(=O)NC(=O)O)C(=O)NC(=O)O. The predicted octanol–water partition coefficient (Wildman–Crippen LogP) is -0.158. The van der Waals surface area contributed by atoms with Crippen molar-refractivity contribution in [2.45, 2.75) is 63.7 Å². The summed E-state index contributed by atoms with van der Waals surface area (Å²) in [5.41, 5.74) is 0. The number of carboxylic acid groups (broad SMARTS) is 2. The second-order valence-corrected chi connectivity index (χ2v) is 5.86. The van der Waals surface area contributed by atoms with Gasteiger partial charge in [0.15, 0.2) is 0 Å². The minimum absolute atomic E-state index is 0.131. The van der Waals surface area contributed by atoms with Gasteiger partial charge >= 0.3 is 12.2 Å². The van der Waals surface area contributed by atoms with Gasteiger partial charge in [-0.25, -0.2) is 9.59 Å². The monoisotopic (exact) mass is 344 g/mol. The van der Waals surface area contributed by atoms with Crippen molar-refractivity contribution < 1.29 is 29.4 Å². The Morgan fingerprint density at radius 2 is 1.12 bits per heavy atom. The van der Waals surface area contributed by atoms with Gasteiger partial charge in [-0.05, 0) is 26.7 Å². The Labute approximate surface area is 139 Å². The highest BCUT2D eigenvalue weighted by atomic mass is 16.4. The maximum atomic E-state index is 11.7. The molecule has 136 valence electrons. The fourth-order valence-electron chi connectivity index (χ4n) is 2.75. The molecular weight excluding hydrogens is 320 g/mol. The molecule has 0 aromatic heterocycles. The first kappa shape index (κ1) is 19.8. The van der Waals surface area contributed by atoms with Gasteiger partial charge in [0, 0.05) is 12.1 Å². The number of amides is 4. The number of rotatable bonds is 6. The summed E-state index contributed by atoms with van der Waals surface area (Å²) in [4.78, 5) is 44.4. The molecule has 24 heavy (non-hydrogen) atoms. The summed E-state index contributed by atoms with van der Waals surface area (Å²) in [5.74, 6) is -1.30. The van der Waals surface area contributed by atoms with Gasteiger partial charge in [0.25, 0.3) is 0 Å². The van der Waals surface area contributed by atoms with Crippen molar-refractivity contribution in [1.82, 2.24) is 21.3 Å². The summed E-state index contributed by atoms with van der Waals surface area (Å²) < 4.78 is 0. The molecule has 10 nitrogen and oxygen atoms in total. The predicted molar refractivity (Wildman–Crippen MR) is 83.6 cm³/mol. The Morgan fingerprint density at radius 3 is 1.42 bits per heavy atom. The molecule has 4 amide bonds. The first-order chi connectivity index (χ1) is 11.2. The third-order valence-corrected chi connectivity index (χ3v) is 3.94. The van der Waals surface area contributed by atoms with Crippen LogP contribution in [0.1, 0.15) is 39.5 Å². The first-order valence-electron chi connectivity index (χ1n) is 7.80. The minimum Gasteiger partial charge on any atom is -0.465 e. The lowest BCUT2D eigenvalue weighted by Crippen LogP contribution is -2.59. The van der Waals surface area contributed by atoms with Crippen LogP contribution in [0.3, 0.4) is 0 Å². The second kappa shape index (κ2) is 9.18. The maximum Gasteiger partial charge on any atom is 0.411 e. The van der Waals surface area contributed by atoms with Crippen molar-refractivity contribution in [2.24, 2.45) is 0 Å². The molecule has 1 aliphatic rings. The van der Waals surface area contributed by atoms with Crippen molar-refractivity contribution in [3.63, 3.8) is 0 Å². The van der Waals surface area contributed by atoms with Gasteiger partial charge in [-0.3, -0.25) is 20.2 Å². The Morgan fingerprint density at radius 1 is 0.792 bits per heavy atom. The standard InChI is InChI=1S/C14H24N4O6/c1-7(11(19)17-13(21)22)15-9-5-3-4-6-10(9)16-8(2)12(20)18-14(23)24/h7-10,15-16H,3-6H2,1-2H3,(H,17,19)(H,18,20)(H,21,22)(H,23,24)/t7-,8?,9-,10+/m1/s1. The summed E-state index contributed by atoms with van der Waals surface area (Å²) in [7, 11) is 0. The smallest absolute Gasteiger partial charge is 0.411 e. The zero-order valence-corrected chi connectivity index (χ0v) is 13.7. The van der Waals surface area contributed by atoms with E-state index in [2.05, 4.69) is 10.6 Å². The first-order valence-corrected chi connectivity index (χ1v) is 7.80. The van der Waals surface area contributed by atoms with Crippen LogP contribution in [-0.4, -0.2) is 58.4 Å². The van der Waals surface area contributed by atoms with Crippen molar-refractivity contribution >= 4 is 24.0 Å². The Balaban J connectivity index is 2.61. The van der Waals surface area contributed by atoms with E-state index < -0.39 is 36.1 Å². The maximum absolute atomic E-state index is 11.7. The van der Waals surface area contributed by atoms with Gasteiger partial charge < -0.3 is 20.8 Å². The van der Waals surface area contributed by atoms with Crippen molar-refractivity contribution in [3.8, 4) is 0 Å². The molecule has 1 fully saturated rings. The largest absolute Gasteiger partial charge is 0.465 e. The number of carbonyl (C=O) groups excluding carboxylic acids is 2. The molecule has 10 heteroatoms. The fraction of sp³-hybridized carbons (Fsp3) is 0.714. The zero-order valence-electron chi connectivity index (χ0n) is 13.7. The molecule has 1 aliphatic carbocycles. The Kier molecular flexibility index (Phi) is 7.59. The lowest BCUT2D eigenvalue weighted by Gasteiger charge is -2.36. The molecule has 0 radical (unpaired) electrons. The lowest BCUT2D eigenvalue weighted by molar-refractivity contribution is -0.123. The molecule has 0 aromatic rings. The minimum atomic E-state index is -1.41. The molecule has 0 aliphatic heterocycles. The van der Waals surface area contributed by atoms with Gasteiger partial charge in [-0.1, -0.05) is 12.8 Å². The van der Waals surface area contributed by atoms with Crippen LogP contribution in [0.25, 0.3) is 0 Å². The highest BCUT2D eigenvalue weighted by molar-refractivity contribution is 5.94. The summed E-state index contributed by atoms with van der Waals surface area (Å²) in [5, 5.41) is 26.9. The van der Waals surface area contributed by atoms with Gasteiger partial charge in [-0.15, -0.1) is 0 Å². The molecule has 0 saturated heterocycles. The van der Waals surface area contributed by atoms with Gasteiger partial charge in [0.05, 0.1) is 12.1 Å². The van der Waals surface area contributed by atoms with Crippen molar-refractivity contribution in [2.75, 3.05) is 0 Å². The molecule has 4 atom stereocenters. The number of hydrogen-bond donors (Lipinski definition) is 6. The Hall–Kier alpha value is -2.20. The Bertz CT molecular complexity index is 454. The van der Waals surface area contributed by atoms with E-state index in [1.165, 1.54) is 0 Å². The zero-order chi connectivity index (χ0) is 18.3. The number of hydrogen-bond acceptors (Lipinski definition) is 6. The van der Waals surface area contributed by atoms with E-state index in [-0.39, 0.29) is 12.1 Å². The van der Waals surface area contributed by atoms with Crippen LogP contribution in [0.2, 0.25) is 0 Å². The van der Waals surface area contributed by atoms with E-state index in [0.29, 0.717) is 0 Å². The van der Waals surface area contributed by atoms with E-state index in [9.17, 15) is 19.2 Å². The second-order valence-electron chi connectivity index (χ2n) is 5.86. The summed E-state index contributed by atoms with van der Waals surface area (Å²) >= 11 is 0. The van der Waals surface area contributed by atoms with Crippen molar-refractivity contribution in [1.29, 1.82) is 0 Å². The molecule has 6 N–H and O–H groups in total. The van der Waals surface area contributed by atoms with E-state index >= 15 is 0 Å². The summed E-state index contributed by atoms with van der Waals surface area (Å²) in [6, 6.07) is -1.69. The van der Waals surface area contributed by atoms with Crippen LogP contribution < -0.4 is 21.3 Å². The van der Waals surface area contributed by atoms with Crippen molar-refractivity contribution in [3.05, 3.63) is 0 Å². The molecule has 0 bridgehead atoms. The molecular formula is C14H24N4O6. The van der Waals surface area contributed by atoms with Crippen LogP contribution >= 0.6 is 0 Å². The van der Waals surface area contributed by atoms with Gasteiger partial charge in [0.2, 0.25) is 11.8 Å². The number of imide groups is 2. The summed E-state index contributed by atoms with van der Waals surface area (Å²) in [6.45, 7) is 3.12. The van der Waals surface area contributed by atoms with Crippen LogP contribution in [0.5, 0.6) is 0 Å². The van der Waals surface area contributed by atoms with Gasteiger partial charge in [0.1, 0.15) is 0 Å². The van der Waals surface area contributed by atoms with Crippen LogP contribution in [0.4, 0.5) is 9.59 Å². The third kappa shape index (κ3) is 6.50. The van der Waals surface area contributed by atoms with Crippen LogP contribution in [-0.2, 0) is 9.59 Å². The van der Waals surface area contributed by atoms with E-state index in [1.54, 1.807) is 24.5 Å². The fourth-order valence-corrected chi connectivity index (χ4v) is 2.75. The molecule has 0 heterocycles. The van der Waals surface area contributed by atoms with E-state index in [0.717, 1.165) is 25.7 Å². The summed E-state index contributed by atoms with van der Waals surface area (Å²) in [6.07, 6.45) is 0.583. The third-order valence-electron chi connectivity index (χ3n) is 3.94.